The number of amides is 1. The van der Waals surface area contributed by atoms with E-state index in [1.807, 2.05) is 67.6 Å². The van der Waals surface area contributed by atoms with Crippen LogP contribution in [0.1, 0.15) is 16.7 Å². The van der Waals surface area contributed by atoms with Crippen molar-refractivity contribution in [1.29, 1.82) is 5.26 Å². The fraction of sp³-hybridized carbons (Fsp3) is 0.0833. The summed E-state index contributed by atoms with van der Waals surface area (Å²) in [5.74, 6) is 0.274. The lowest BCUT2D eigenvalue weighted by Gasteiger charge is -2.07. The first-order valence-electron chi connectivity index (χ1n) is 9.00. The Hall–Kier alpha value is -3.36. The molecular formula is C24H19BrN2O2. The van der Waals surface area contributed by atoms with Crippen LogP contribution in [0.25, 0.3) is 6.08 Å². The fourth-order valence-electron chi connectivity index (χ4n) is 2.68. The average molecular weight is 447 g/mol. The average Bonchev–Trinajstić information content (AvgIpc) is 2.73. The predicted octanol–water partition coefficient (Wildman–Crippen LogP) is 5.88. The van der Waals surface area contributed by atoms with Crippen LogP contribution in [-0.4, -0.2) is 5.91 Å². The van der Waals surface area contributed by atoms with Crippen LogP contribution in [-0.2, 0) is 11.4 Å². The molecule has 144 valence electrons. The first-order valence-corrected chi connectivity index (χ1v) is 9.80. The molecule has 0 aliphatic rings. The van der Waals surface area contributed by atoms with Crippen molar-refractivity contribution < 1.29 is 9.53 Å². The monoisotopic (exact) mass is 446 g/mol. The van der Waals surface area contributed by atoms with E-state index in [9.17, 15) is 10.1 Å². The van der Waals surface area contributed by atoms with Gasteiger partial charge in [0.15, 0.2) is 0 Å². The molecule has 29 heavy (non-hydrogen) atoms. The molecule has 0 unspecified atom stereocenters. The molecule has 0 aliphatic heterocycles. The summed E-state index contributed by atoms with van der Waals surface area (Å²) in [7, 11) is 0. The summed E-state index contributed by atoms with van der Waals surface area (Å²) in [6.07, 6.45) is 1.55. The molecule has 0 aromatic heterocycles. The number of nitriles is 1. The number of ether oxygens (including phenoxy) is 1. The van der Waals surface area contributed by atoms with E-state index < -0.39 is 5.91 Å². The molecule has 5 heteroatoms. The van der Waals surface area contributed by atoms with Crippen molar-refractivity contribution in [3.8, 4) is 11.8 Å². The topological polar surface area (TPSA) is 62.1 Å². The third-order valence-corrected chi connectivity index (χ3v) is 4.67. The third-order valence-electron chi connectivity index (χ3n) is 4.15. The molecule has 3 aromatic rings. The Kier molecular flexibility index (Phi) is 6.83. The van der Waals surface area contributed by atoms with E-state index in [0.717, 1.165) is 21.3 Å². The van der Waals surface area contributed by atoms with Gasteiger partial charge in [-0.1, -0.05) is 57.9 Å². The van der Waals surface area contributed by atoms with Crippen LogP contribution < -0.4 is 10.1 Å². The van der Waals surface area contributed by atoms with Gasteiger partial charge in [0.1, 0.15) is 24.0 Å². The standard InChI is InChI=1S/C24H19BrN2O2/c1-17-3-2-4-19(13-17)16-29-23-11-5-18(6-12-23)14-20(15-26)24(28)27-22-9-7-21(25)8-10-22/h2-14H,16H2,1H3,(H,27,28)/b20-14-. The summed E-state index contributed by atoms with van der Waals surface area (Å²) >= 11 is 3.35. The fourth-order valence-corrected chi connectivity index (χ4v) is 2.94. The second-order valence-electron chi connectivity index (χ2n) is 6.48. The predicted molar refractivity (Wildman–Crippen MR) is 118 cm³/mol. The number of carbonyl (C=O) groups is 1. The number of hydrogen-bond donors (Lipinski definition) is 1. The van der Waals surface area contributed by atoms with Gasteiger partial charge in [0.25, 0.3) is 5.91 Å². The molecule has 1 N–H and O–H groups in total. The van der Waals surface area contributed by atoms with E-state index in [1.165, 1.54) is 5.56 Å². The molecule has 4 nitrogen and oxygen atoms in total. The second kappa shape index (κ2) is 9.72. The van der Waals surface area contributed by atoms with Crippen molar-refractivity contribution in [2.75, 3.05) is 5.32 Å². The van der Waals surface area contributed by atoms with E-state index in [-0.39, 0.29) is 5.57 Å². The van der Waals surface area contributed by atoms with E-state index in [4.69, 9.17) is 4.74 Å². The number of rotatable bonds is 6. The van der Waals surface area contributed by atoms with Crippen LogP contribution in [0.2, 0.25) is 0 Å². The van der Waals surface area contributed by atoms with Gasteiger partial charge in [-0.2, -0.15) is 5.26 Å². The van der Waals surface area contributed by atoms with Crippen molar-refractivity contribution in [2.24, 2.45) is 0 Å². The van der Waals surface area contributed by atoms with Crippen molar-refractivity contribution >= 4 is 33.6 Å². The van der Waals surface area contributed by atoms with Crippen LogP contribution in [0.15, 0.2) is 82.8 Å². The van der Waals surface area contributed by atoms with Gasteiger partial charge in [-0.15, -0.1) is 0 Å². The van der Waals surface area contributed by atoms with E-state index in [1.54, 1.807) is 18.2 Å². The molecule has 0 saturated heterocycles. The SMILES string of the molecule is Cc1cccc(COc2ccc(/C=C(/C#N)C(=O)Nc3ccc(Br)cc3)cc2)c1. The van der Waals surface area contributed by atoms with Gasteiger partial charge in [-0.25, -0.2) is 0 Å². The van der Waals surface area contributed by atoms with Crippen molar-refractivity contribution in [1.82, 2.24) is 0 Å². The number of carbonyl (C=O) groups excluding carboxylic acids is 1. The largest absolute Gasteiger partial charge is 0.489 e. The Balaban J connectivity index is 1.64. The Morgan fingerprint density at radius 3 is 2.48 bits per heavy atom. The molecule has 0 radical (unpaired) electrons. The minimum Gasteiger partial charge on any atom is -0.489 e. The van der Waals surface area contributed by atoms with Crippen LogP contribution in [0.5, 0.6) is 5.75 Å². The summed E-state index contributed by atoms with van der Waals surface area (Å²) in [5.41, 5.74) is 3.69. The first-order chi connectivity index (χ1) is 14.0. The quantitative estimate of drug-likeness (QED) is 0.379. The summed E-state index contributed by atoms with van der Waals surface area (Å²) in [5, 5.41) is 12.1. The lowest BCUT2D eigenvalue weighted by atomic mass is 10.1. The van der Waals surface area contributed by atoms with Crippen LogP contribution in [0, 0.1) is 18.3 Å². The Morgan fingerprint density at radius 1 is 1.10 bits per heavy atom. The Bertz CT molecular complexity index is 1070. The maximum atomic E-state index is 12.3. The number of anilines is 1. The summed E-state index contributed by atoms with van der Waals surface area (Å²) in [4.78, 5) is 12.3. The van der Waals surface area contributed by atoms with E-state index >= 15 is 0 Å². The second-order valence-corrected chi connectivity index (χ2v) is 7.39. The Morgan fingerprint density at radius 2 is 1.83 bits per heavy atom. The zero-order chi connectivity index (χ0) is 20.6. The summed E-state index contributed by atoms with van der Waals surface area (Å²) < 4.78 is 6.71. The van der Waals surface area contributed by atoms with Gasteiger partial charge in [-0.05, 0) is 60.5 Å². The highest BCUT2D eigenvalue weighted by Gasteiger charge is 2.09. The highest BCUT2D eigenvalue weighted by Crippen LogP contribution is 2.18. The summed E-state index contributed by atoms with van der Waals surface area (Å²) in [6, 6.07) is 24.6. The number of nitrogens with one attached hydrogen (secondary N) is 1. The molecule has 3 aromatic carbocycles. The van der Waals surface area contributed by atoms with Crippen LogP contribution >= 0.6 is 15.9 Å². The molecule has 3 rings (SSSR count). The number of hydrogen-bond acceptors (Lipinski definition) is 3. The lowest BCUT2D eigenvalue weighted by molar-refractivity contribution is -0.112. The van der Waals surface area contributed by atoms with Gasteiger partial charge in [0.05, 0.1) is 0 Å². The maximum Gasteiger partial charge on any atom is 0.266 e. The van der Waals surface area contributed by atoms with E-state index in [2.05, 4.69) is 27.3 Å². The molecular weight excluding hydrogens is 428 g/mol. The normalized spacial score (nSPS) is 10.9. The van der Waals surface area contributed by atoms with Crippen LogP contribution in [0.3, 0.4) is 0 Å². The number of aryl methyl sites for hydroxylation is 1. The van der Waals surface area contributed by atoms with Crippen molar-refractivity contribution in [2.45, 2.75) is 13.5 Å². The molecule has 0 aliphatic carbocycles. The van der Waals surface area contributed by atoms with E-state index in [0.29, 0.717) is 12.3 Å². The number of halogens is 1. The molecule has 1 amide bonds. The molecule has 0 bridgehead atoms. The Labute approximate surface area is 178 Å². The molecule has 0 atom stereocenters. The zero-order valence-corrected chi connectivity index (χ0v) is 17.4. The van der Waals surface area contributed by atoms with Gasteiger partial charge < -0.3 is 10.1 Å². The molecule has 0 heterocycles. The highest BCUT2D eigenvalue weighted by molar-refractivity contribution is 9.10. The molecule has 0 fully saturated rings. The first kappa shape index (κ1) is 20.4. The summed E-state index contributed by atoms with van der Waals surface area (Å²) in [6.45, 7) is 2.53. The highest BCUT2D eigenvalue weighted by atomic mass is 79.9. The molecule has 0 spiro atoms. The smallest absolute Gasteiger partial charge is 0.266 e. The van der Waals surface area contributed by atoms with Gasteiger partial charge in [-0.3, -0.25) is 4.79 Å². The van der Waals surface area contributed by atoms with Gasteiger partial charge >= 0.3 is 0 Å². The molecule has 0 saturated carbocycles. The van der Waals surface area contributed by atoms with Gasteiger partial charge in [0.2, 0.25) is 0 Å². The van der Waals surface area contributed by atoms with Crippen molar-refractivity contribution in [3.63, 3.8) is 0 Å². The van der Waals surface area contributed by atoms with Gasteiger partial charge in [0, 0.05) is 10.2 Å². The number of benzene rings is 3. The third kappa shape index (κ3) is 6.06. The van der Waals surface area contributed by atoms with Crippen molar-refractivity contribution in [3.05, 3.63) is 99.5 Å². The number of nitrogens with zero attached hydrogens (tertiary/aromatic N) is 1. The maximum absolute atomic E-state index is 12.3. The zero-order valence-electron chi connectivity index (χ0n) is 15.9. The minimum absolute atomic E-state index is 0.0290. The minimum atomic E-state index is -0.449. The lowest BCUT2D eigenvalue weighted by Crippen LogP contribution is -2.13. The van der Waals surface area contributed by atoms with Crippen LogP contribution in [0.4, 0.5) is 5.69 Å².